The molecule has 2 aliphatic rings. The lowest BCUT2D eigenvalue weighted by molar-refractivity contribution is -0.765. The maximum absolute atomic E-state index is 12.4. The van der Waals surface area contributed by atoms with Crippen LogP contribution < -0.4 is 16.0 Å². The fourth-order valence-corrected chi connectivity index (χ4v) is 6.67. The Labute approximate surface area is 246 Å². The molecular weight excluding hydrogens is 636 g/mol. The minimum atomic E-state index is -5.37. The second-order valence-corrected chi connectivity index (χ2v) is 12.7. The molecule has 0 spiro atoms. The normalized spacial score (nSPS) is 31.6. The maximum Gasteiger partial charge on any atom is 0.481 e. The van der Waals surface area contributed by atoms with Gasteiger partial charge in [0.05, 0.1) is 19.5 Å². The van der Waals surface area contributed by atoms with Gasteiger partial charge in [-0.3, -0.25) is 18.4 Å². The fraction of sp³-hybridized carbons (Fsp3) is 0.476. The molecule has 3 aromatic heterocycles. The molecule has 21 nitrogen and oxygen atoms in total. The van der Waals surface area contributed by atoms with Crippen LogP contribution in [0.5, 0.6) is 0 Å². The first kappa shape index (κ1) is 32.4. The number of hydrogen-bond acceptors (Lipinski definition) is 16. The van der Waals surface area contributed by atoms with Crippen LogP contribution >= 0.6 is 15.6 Å². The first-order valence-corrected chi connectivity index (χ1v) is 15.6. The quantitative estimate of drug-likeness (QED) is 0.0747. The molecule has 2 fully saturated rings. The first-order valence-electron chi connectivity index (χ1n) is 12.6. The number of anilines is 1. The second-order valence-electron chi connectivity index (χ2n) is 9.69. The molecule has 10 N–H and O–H groups in total. The average molecular weight is 664 g/mol. The van der Waals surface area contributed by atoms with Gasteiger partial charge in [0.1, 0.15) is 47.9 Å². The highest BCUT2D eigenvalue weighted by Gasteiger charge is 2.50. The summed E-state index contributed by atoms with van der Waals surface area (Å²) in [5.74, 6) is -0.714. The number of hydrogen-bond donors (Lipinski definition) is 8. The molecule has 0 saturated carbocycles. The van der Waals surface area contributed by atoms with Gasteiger partial charge >= 0.3 is 15.6 Å². The van der Waals surface area contributed by atoms with Crippen LogP contribution in [0.1, 0.15) is 22.8 Å². The van der Waals surface area contributed by atoms with E-state index in [2.05, 4.69) is 23.8 Å². The summed E-state index contributed by atoms with van der Waals surface area (Å²) in [4.78, 5) is 43.3. The first-order chi connectivity index (χ1) is 20.7. The molecule has 5 heterocycles. The standard InChI is InChI=1S/C21H27N7O14P2/c22-17-12-19(25-7-24-17)28(8-26-12)21-16(32)14(30)11(41-21)6-39-44(36,37)42-43(34,35)38-5-10-13(29)15(31)20(40-10)27-3-1-2-9(4-27)18(23)33/h1-4,7-8,10-11,13-16,20-21,29-32H,5-6H2,(H5-,22,23,24,25,33,34,35,36,37)/p+1/t10-,11-,13-,14-,15+,16+,20-,21-/m1/s1. The van der Waals surface area contributed by atoms with E-state index in [1.807, 2.05) is 0 Å². The zero-order valence-corrected chi connectivity index (χ0v) is 24.0. The summed E-state index contributed by atoms with van der Waals surface area (Å²) in [7, 11) is -10.7. The largest absolute Gasteiger partial charge is 0.481 e. The number of primary amides is 1. The van der Waals surface area contributed by atoms with Gasteiger partial charge in [0.2, 0.25) is 0 Å². The summed E-state index contributed by atoms with van der Waals surface area (Å²) in [6.07, 6.45) is -6.85. The van der Waals surface area contributed by atoms with Crippen LogP contribution in [0.3, 0.4) is 0 Å². The SMILES string of the molecule is NC(=O)c1ccc[n+]([C@@H]2O[C@H](COP(=O)(O)OP(=O)(O)OC[C@H]3O[C@@H](n4cnc5c(N)ncnc54)[C@@H](O)[C@@H]3O)[C@@H](O)[C@@H]2O)c1. The summed E-state index contributed by atoms with van der Waals surface area (Å²) in [6.45, 7) is -1.80. The van der Waals surface area contributed by atoms with Crippen molar-refractivity contribution in [1.82, 2.24) is 19.5 Å². The fourth-order valence-electron chi connectivity index (χ4n) is 4.58. The van der Waals surface area contributed by atoms with Gasteiger partial charge in [-0.15, -0.1) is 0 Å². The van der Waals surface area contributed by atoms with Crippen LogP contribution in [0.2, 0.25) is 0 Å². The molecule has 2 unspecified atom stereocenters. The third-order valence-electron chi connectivity index (χ3n) is 6.75. The van der Waals surface area contributed by atoms with Crippen LogP contribution in [-0.4, -0.2) is 105 Å². The van der Waals surface area contributed by atoms with Crippen molar-refractivity contribution in [3.8, 4) is 0 Å². The highest BCUT2D eigenvalue weighted by Crippen LogP contribution is 2.60. The Morgan fingerprint density at radius 2 is 1.61 bits per heavy atom. The Morgan fingerprint density at radius 1 is 0.977 bits per heavy atom. The van der Waals surface area contributed by atoms with E-state index in [4.69, 9.17) is 25.5 Å². The van der Waals surface area contributed by atoms with Crippen molar-refractivity contribution in [2.24, 2.45) is 5.73 Å². The van der Waals surface area contributed by atoms with Crippen molar-refractivity contribution in [2.75, 3.05) is 18.9 Å². The highest BCUT2D eigenvalue weighted by atomic mass is 31.3. The molecule has 44 heavy (non-hydrogen) atoms. The number of fused-ring (bicyclic) bond motifs is 1. The number of aliphatic hydroxyl groups is 4. The number of aromatic nitrogens is 5. The van der Waals surface area contributed by atoms with Gasteiger partial charge in [-0.25, -0.2) is 24.1 Å². The number of carbonyl (C=O) groups is 1. The van der Waals surface area contributed by atoms with Crippen LogP contribution in [0.15, 0.2) is 37.2 Å². The lowest BCUT2D eigenvalue weighted by Crippen LogP contribution is -2.46. The molecule has 240 valence electrons. The van der Waals surface area contributed by atoms with Crippen molar-refractivity contribution >= 4 is 38.5 Å². The number of imidazole rings is 1. The Bertz CT molecular complexity index is 1630. The predicted octanol–water partition coefficient (Wildman–Crippen LogP) is -3.02. The summed E-state index contributed by atoms with van der Waals surface area (Å²) in [5, 5.41) is 41.6. The minimum absolute atomic E-state index is 0.0505. The van der Waals surface area contributed by atoms with E-state index in [0.717, 1.165) is 6.33 Å². The van der Waals surface area contributed by atoms with Crippen molar-refractivity contribution in [3.05, 3.63) is 42.7 Å². The Balaban J connectivity index is 1.16. The van der Waals surface area contributed by atoms with Crippen LogP contribution in [-0.2, 0) is 32.0 Å². The van der Waals surface area contributed by atoms with E-state index in [1.165, 1.54) is 40.0 Å². The second kappa shape index (κ2) is 12.4. The summed E-state index contributed by atoms with van der Waals surface area (Å²) < 4.78 is 52.0. The molecule has 10 atom stereocenters. The van der Waals surface area contributed by atoms with E-state index in [1.54, 1.807) is 0 Å². The van der Waals surface area contributed by atoms with E-state index in [9.17, 15) is 44.1 Å². The molecule has 0 aromatic carbocycles. The van der Waals surface area contributed by atoms with Crippen LogP contribution in [0.25, 0.3) is 11.2 Å². The minimum Gasteiger partial charge on any atom is -0.387 e. The third-order valence-corrected chi connectivity index (χ3v) is 9.35. The molecule has 2 aliphatic heterocycles. The lowest BCUT2D eigenvalue weighted by Gasteiger charge is -2.20. The van der Waals surface area contributed by atoms with Crippen molar-refractivity contribution in [2.45, 2.75) is 49.1 Å². The highest BCUT2D eigenvalue weighted by molar-refractivity contribution is 7.61. The number of amides is 1. The summed E-state index contributed by atoms with van der Waals surface area (Å²) >= 11 is 0. The molecule has 1 amide bonds. The number of aliphatic hydroxyl groups excluding tert-OH is 4. The number of nitrogen functional groups attached to an aromatic ring is 1. The smallest absolute Gasteiger partial charge is 0.387 e. The van der Waals surface area contributed by atoms with Gasteiger partial charge in [0.25, 0.3) is 12.1 Å². The number of phosphoric ester groups is 2. The number of nitrogens with zero attached hydrogens (tertiary/aromatic N) is 5. The number of rotatable bonds is 11. The molecule has 0 radical (unpaired) electrons. The maximum atomic E-state index is 12.4. The van der Waals surface area contributed by atoms with Crippen molar-refractivity contribution in [1.29, 1.82) is 0 Å². The predicted molar refractivity (Wildman–Crippen MR) is 139 cm³/mol. The Hall–Kier alpha value is -3.01. The Kier molecular flexibility index (Phi) is 9.13. The third kappa shape index (κ3) is 6.65. The molecule has 5 rings (SSSR count). The monoisotopic (exact) mass is 664 g/mol. The van der Waals surface area contributed by atoms with E-state index in [0.29, 0.717) is 0 Å². The molecule has 23 heteroatoms. The van der Waals surface area contributed by atoms with E-state index >= 15 is 0 Å². The number of ether oxygens (including phenoxy) is 2. The van der Waals surface area contributed by atoms with Gasteiger partial charge in [0.15, 0.2) is 36.2 Å². The molecular formula is C21H28N7O14P2+. The van der Waals surface area contributed by atoms with Gasteiger partial charge in [-0.2, -0.15) is 8.88 Å². The number of nitrogens with two attached hydrogens (primary N) is 2. The summed E-state index contributed by atoms with van der Waals surface area (Å²) in [5.41, 5.74) is 11.4. The number of pyridine rings is 1. The van der Waals surface area contributed by atoms with Crippen LogP contribution in [0, 0.1) is 0 Å². The molecule has 0 bridgehead atoms. The van der Waals surface area contributed by atoms with E-state index < -0.39 is 83.8 Å². The molecule has 3 aromatic rings. The number of phosphoric acid groups is 2. The van der Waals surface area contributed by atoms with Gasteiger partial charge in [-0.1, -0.05) is 0 Å². The molecule has 0 aliphatic carbocycles. The topological polar surface area (TPSA) is 318 Å². The summed E-state index contributed by atoms with van der Waals surface area (Å²) in [6, 6.07) is 2.83. The van der Waals surface area contributed by atoms with Crippen molar-refractivity contribution < 1.29 is 71.5 Å². The van der Waals surface area contributed by atoms with Crippen LogP contribution in [0.4, 0.5) is 5.82 Å². The average Bonchev–Trinajstić information content (AvgIpc) is 3.61. The molecule has 2 saturated heterocycles. The van der Waals surface area contributed by atoms with Gasteiger partial charge in [0, 0.05) is 6.07 Å². The Morgan fingerprint density at radius 3 is 2.27 bits per heavy atom. The lowest BCUT2D eigenvalue weighted by atomic mass is 10.1. The van der Waals surface area contributed by atoms with Gasteiger partial charge < -0.3 is 51.2 Å². The van der Waals surface area contributed by atoms with E-state index in [-0.39, 0.29) is 22.5 Å². The van der Waals surface area contributed by atoms with Gasteiger partial charge in [-0.05, 0) is 6.07 Å². The number of carbonyl (C=O) groups excluding carboxylic acids is 1. The van der Waals surface area contributed by atoms with Crippen molar-refractivity contribution in [3.63, 3.8) is 0 Å². The zero-order valence-electron chi connectivity index (χ0n) is 22.2. The zero-order chi connectivity index (χ0) is 32.0.